The minimum Gasteiger partial charge on any atom is -0.350 e. The van der Waals surface area contributed by atoms with Crippen LogP contribution in [0.4, 0.5) is 9.18 Å². The Bertz CT molecular complexity index is 542. The van der Waals surface area contributed by atoms with Crippen molar-refractivity contribution in [3.05, 3.63) is 53.9 Å². The molecule has 7 heteroatoms. The summed E-state index contributed by atoms with van der Waals surface area (Å²) in [6.07, 6.45) is 3.86. The van der Waals surface area contributed by atoms with Gasteiger partial charge >= 0.3 is 6.03 Å². The number of nitrogens with one attached hydrogen (secondary N) is 2. The summed E-state index contributed by atoms with van der Waals surface area (Å²) in [6.45, 7) is 0.268. The number of urea groups is 1. The maximum absolute atomic E-state index is 13.0. The Balaban J connectivity index is 2.05. The Hall–Kier alpha value is -2.41. The monoisotopic (exact) mass is 278 g/mol. The molecule has 0 aliphatic carbocycles. The highest BCUT2D eigenvalue weighted by atomic mass is 19.1. The van der Waals surface area contributed by atoms with Crippen molar-refractivity contribution in [2.75, 3.05) is 6.61 Å². The first-order valence-electron chi connectivity index (χ1n) is 6.08. The number of hydrogen-bond donors (Lipinski definition) is 3. The molecule has 0 aliphatic rings. The van der Waals surface area contributed by atoms with E-state index < -0.39 is 6.03 Å². The zero-order chi connectivity index (χ0) is 14.4. The molecule has 0 aliphatic heterocycles. The summed E-state index contributed by atoms with van der Waals surface area (Å²) in [5.74, 6) is -0.323. The number of carbonyl (C=O) groups is 1. The zero-order valence-corrected chi connectivity index (χ0v) is 10.7. The van der Waals surface area contributed by atoms with E-state index in [-0.39, 0.29) is 18.3 Å². The van der Waals surface area contributed by atoms with Crippen LogP contribution in [0.15, 0.2) is 36.8 Å². The van der Waals surface area contributed by atoms with Crippen molar-refractivity contribution in [3.8, 4) is 0 Å². The number of hydroxylamine groups is 1. The molecule has 1 unspecified atom stereocenters. The summed E-state index contributed by atoms with van der Waals surface area (Å²) in [5.41, 5.74) is 8.78. The van der Waals surface area contributed by atoms with Gasteiger partial charge in [-0.15, -0.1) is 0 Å². The molecule has 20 heavy (non-hydrogen) atoms. The maximum Gasteiger partial charge on any atom is 0.336 e. The van der Waals surface area contributed by atoms with Crippen LogP contribution >= 0.6 is 0 Å². The number of halogens is 1. The van der Waals surface area contributed by atoms with Crippen LogP contribution in [0.5, 0.6) is 0 Å². The van der Waals surface area contributed by atoms with Gasteiger partial charge < -0.3 is 10.7 Å². The van der Waals surface area contributed by atoms with Gasteiger partial charge in [-0.2, -0.15) is 0 Å². The molecule has 1 aromatic carbocycles. The number of imidazole rings is 1. The minimum atomic E-state index is -0.745. The van der Waals surface area contributed by atoms with Gasteiger partial charge in [0.2, 0.25) is 0 Å². The van der Waals surface area contributed by atoms with Crippen LogP contribution in [-0.2, 0) is 4.84 Å². The highest BCUT2D eigenvalue weighted by Gasteiger charge is 2.15. The molecule has 0 radical (unpaired) electrons. The summed E-state index contributed by atoms with van der Waals surface area (Å²) < 4.78 is 13.0. The molecule has 0 spiro atoms. The molecule has 4 N–H and O–H groups in total. The van der Waals surface area contributed by atoms with Crippen molar-refractivity contribution in [1.29, 1.82) is 0 Å². The lowest BCUT2D eigenvalue weighted by atomic mass is 9.93. The lowest BCUT2D eigenvalue weighted by Crippen LogP contribution is -2.30. The first-order chi connectivity index (χ1) is 9.66. The van der Waals surface area contributed by atoms with E-state index in [2.05, 4.69) is 15.4 Å². The Morgan fingerprint density at radius 3 is 2.80 bits per heavy atom. The van der Waals surface area contributed by atoms with E-state index in [1.54, 1.807) is 24.7 Å². The van der Waals surface area contributed by atoms with Crippen LogP contribution < -0.4 is 11.2 Å². The molecule has 0 bridgehead atoms. The van der Waals surface area contributed by atoms with E-state index in [1.807, 2.05) is 0 Å². The number of rotatable bonds is 6. The highest BCUT2D eigenvalue weighted by Crippen LogP contribution is 2.26. The maximum atomic E-state index is 13.0. The molecule has 106 valence electrons. The van der Waals surface area contributed by atoms with Gasteiger partial charge in [0.1, 0.15) is 5.82 Å². The molecule has 0 fully saturated rings. The van der Waals surface area contributed by atoms with E-state index in [0.717, 1.165) is 11.3 Å². The van der Waals surface area contributed by atoms with E-state index in [1.165, 1.54) is 12.1 Å². The molecule has 0 saturated heterocycles. The van der Waals surface area contributed by atoms with Gasteiger partial charge in [0.25, 0.3) is 0 Å². The Morgan fingerprint density at radius 1 is 1.45 bits per heavy atom. The average molecular weight is 278 g/mol. The van der Waals surface area contributed by atoms with E-state index in [4.69, 9.17) is 10.6 Å². The number of H-pyrrole nitrogens is 1. The summed E-state index contributed by atoms with van der Waals surface area (Å²) in [7, 11) is 0. The quantitative estimate of drug-likeness (QED) is 0.554. The SMILES string of the molecule is NC(=O)NOCCC(c1ccc(F)cc1)c1cnc[nH]1. The number of benzene rings is 1. The molecule has 2 rings (SSSR count). The third-order valence-corrected chi connectivity index (χ3v) is 2.85. The van der Waals surface area contributed by atoms with Crippen LogP contribution in [0.1, 0.15) is 23.6 Å². The molecule has 1 aromatic heterocycles. The third kappa shape index (κ3) is 3.79. The number of aromatic amines is 1. The summed E-state index contributed by atoms with van der Waals surface area (Å²) in [5, 5.41) is 0. The van der Waals surface area contributed by atoms with E-state index in [9.17, 15) is 9.18 Å². The predicted octanol–water partition coefficient (Wildman–Crippen LogP) is 1.67. The van der Waals surface area contributed by atoms with Gasteiger partial charge in [-0.25, -0.2) is 19.6 Å². The number of primary amides is 1. The smallest absolute Gasteiger partial charge is 0.336 e. The lowest BCUT2D eigenvalue weighted by Gasteiger charge is -2.15. The van der Waals surface area contributed by atoms with Crippen molar-refractivity contribution >= 4 is 6.03 Å². The standard InChI is InChI=1S/C13H15FN4O2/c14-10-3-1-9(2-4-10)11(12-7-16-8-17-12)5-6-20-18-13(15)19/h1-4,7-8,11H,5-6H2,(H,16,17)(H3,15,18,19). The van der Waals surface area contributed by atoms with Gasteiger partial charge in [-0.3, -0.25) is 4.84 Å². The largest absolute Gasteiger partial charge is 0.350 e. The highest BCUT2D eigenvalue weighted by molar-refractivity contribution is 5.70. The number of carbonyl (C=O) groups excluding carboxylic acids is 1. The molecule has 2 amide bonds. The number of aromatic nitrogens is 2. The Labute approximate surface area is 115 Å². The second-order valence-corrected chi connectivity index (χ2v) is 4.21. The number of nitrogens with two attached hydrogens (primary N) is 1. The predicted molar refractivity (Wildman–Crippen MR) is 70.1 cm³/mol. The normalized spacial score (nSPS) is 12.1. The first kappa shape index (κ1) is 14.0. The van der Waals surface area contributed by atoms with E-state index >= 15 is 0 Å². The number of amides is 2. The van der Waals surface area contributed by atoms with Crippen LogP contribution in [0, 0.1) is 5.82 Å². The van der Waals surface area contributed by atoms with Crippen molar-refractivity contribution in [2.24, 2.45) is 5.73 Å². The summed E-state index contributed by atoms with van der Waals surface area (Å²) >= 11 is 0. The molecular weight excluding hydrogens is 263 g/mol. The van der Waals surface area contributed by atoms with Crippen molar-refractivity contribution in [3.63, 3.8) is 0 Å². The van der Waals surface area contributed by atoms with Crippen LogP contribution in [0.2, 0.25) is 0 Å². The van der Waals surface area contributed by atoms with Gasteiger partial charge in [0.15, 0.2) is 0 Å². The third-order valence-electron chi connectivity index (χ3n) is 2.85. The van der Waals surface area contributed by atoms with Gasteiger partial charge in [-0.05, 0) is 24.1 Å². The summed E-state index contributed by atoms with van der Waals surface area (Å²) in [4.78, 5) is 22.5. The second kappa shape index (κ2) is 6.67. The lowest BCUT2D eigenvalue weighted by molar-refractivity contribution is 0.0609. The summed E-state index contributed by atoms with van der Waals surface area (Å²) in [6, 6.07) is 5.48. The zero-order valence-electron chi connectivity index (χ0n) is 10.7. The topological polar surface area (TPSA) is 93.0 Å². The van der Waals surface area contributed by atoms with Crippen LogP contribution in [0.25, 0.3) is 0 Å². The number of nitrogens with zero attached hydrogens (tertiary/aromatic N) is 1. The van der Waals surface area contributed by atoms with Crippen LogP contribution in [0.3, 0.4) is 0 Å². The van der Waals surface area contributed by atoms with E-state index in [0.29, 0.717) is 6.42 Å². The van der Waals surface area contributed by atoms with Gasteiger partial charge in [-0.1, -0.05) is 12.1 Å². The second-order valence-electron chi connectivity index (χ2n) is 4.21. The van der Waals surface area contributed by atoms with Crippen LogP contribution in [-0.4, -0.2) is 22.6 Å². The molecule has 0 saturated carbocycles. The Kier molecular flexibility index (Phi) is 4.67. The van der Waals surface area contributed by atoms with Crippen molar-refractivity contribution in [1.82, 2.24) is 15.4 Å². The number of hydrogen-bond acceptors (Lipinski definition) is 3. The van der Waals surface area contributed by atoms with Crippen molar-refractivity contribution in [2.45, 2.75) is 12.3 Å². The molecule has 1 atom stereocenters. The average Bonchev–Trinajstić information content (AvgIpc) is 2.94. The molecule has 2 aromatic rings. The Morgan fingerprint density at radius 2 is 2.20 bits per heavy atom. The van der Waals surface area contributed by atoms with Crippen molar-refractivity contribution < 1.29 is 14.0 Å². The first-order valence-corrected chi connectivity index (χ1v) is 6.08. The molecule has 1 heterocycles. The fourth-order valence-electron chi connectivity index (χ4n) is 1.95. The van der Waals surface area contributed by atoms with Gasteiger partial charge in [0.05, 0.1) is 12.9 Å². The fraction of sp³-hybridized carbons (Fsp3) is 0.231. The molecule has 6 nitrogen and oxygen atoms in total. The molecular formula is C13H15FN4O2. The fourth-order valence-corrected chi connectivity index (χ4v) is 1.95. The minimum absolute atomic E-state index is 0.0345. The van der Waals surface area contributed by atoms with Gasteiger partial charge in [0, 0.05) is 17.8 Å².